The number of hydrogen-bond donors (Lipinski definition) is 2. The first kappa shape index (κ1) is 14.4. The first-order valence-corrected chi connectivity index (χ1v) is 6.74. The van der Waals surface area contributed by atoms with Gasteiger partial charge in [-0.1, -0.05) is 6.07 Å². The summed E-state index contributed by atoms with van der Waals surface area (Å²) in [5.41, 5.74) is 3.44. The number of hydrogen-bond acceptors (Lipinski definition) is 4. The van der Waals surface area contributed by atoms with Crippen molar-refractivity contribution in [3.63, 3.8) is 0 Å². The lowest BCUT2D eigenvalue weighted by atomic mass is 10.2. The molecule has 0 radical (unpaired) electrons. The number of aromatic amines is 1. The van der Waals surface area contributed by atoms with E-state index in [0.29, 0.717) is 6.61 Å². The van der Waals surface area contributed by atoms with Crippen LogP contribution in [0.5, 0.6) is 11.5 Å². The summed E-state index contributed by atoms with van der Waals surface area (Å²) in [5, 5.41) is 10.3. The van der Waals surface area contributed by atoms with Gasteiger partial charge in [-0.25, -0.2) is 0 Å². The second-order valence-electron chi connectivity index (χ2n) is 4.54. The highest BCUT2D eigenvalue weighted by Gasteiger charge is 2.05. The van der Waals surface area contributed by atoms with Gasteiger partial charge in [-0.2, -0.15) is 5.10 Å². The zero-order valence-electron chi connectivity index (χ0n) is 12.2. The zero-order valence-corrected chi connectivity index (χ0v) is 12.2. The molecule has 1 heterocycles. The number of rotatable bonds is 7. The SMILES string of the molecule is CCOc1ccc(CNCc2cn[nH]c2C)cc1OC. The van der Waals surface area contributed by atoms with Crippen LogP contribution in [0.1, 0.15) is 23.7 Å². The summed E-state index contributed by atoms with van der Waals surface area (Å²) in [6.07, 6.45) is 1.85. The third-order valence-corrected chi connectivity index (χ3v) is 3.11. The van der Waals surface area contributed by atoms with Gasteiger partial charge in [0.1, 0.15) is 0 Å². The fourth-order valence-corrected chi connectivity index (χ4v) is 1.99. The summed E-state index contributed by atoms with van der Waals surface area (Å²) < 4.78 is 10.8. The fourth-order valence-electron chi connectivity index (χ4n) is 1.99. The molecule has 0 aliphatic carbocycles. The highest BCUT2D eigenvalue weighted by molar-refractivity contribution is 5.42. The van der Waals surface area contributed by atoms with Crippen LogP contribution in [0.15, 0.2) is 24.4 Å². The third-order valence-electron chi connectivity index (χ3n) is 3.11. The Morgan fingerprint density at radius 1 is 1.25 bits per heavy atom. The first-order chi connectivity index (χ1) is 9.74. The monoisotopic (exact) mass is 275 g/mol. The number of aryl methyl sites for hydroxylation is 1. The Hall–Kier alpha value is -2.01. The van der Waals surface area contributed by atoms with Crippen molar-refractivity contribution in [1.82, 2.24) is 15.5 Å². The highest BCUT2D eigenvalue weighted by Crippen LogP contribution is 2.27. The van der Waals surface area contributed by atoms with E-state index in [4.69, 9.17) is 9.47 Å². The highest BCUT2D eigenvalue weighted by atomic mass is 16.5. The van der Waals surface area contributed by atoms with Crippen LogP contribution in [0, 0.1) is 6.92 Å². The predicted octanol–water partition coefficient (Wildman–Crippen LogP) is 2.42. The van der Waals surface area contributed by atoms with E-state index in [1.807, 2.05) is 38.2 Å². The topological polar surface area (TPSA) is 59.2 Å². The van der Waals surface area contributed by atoms with Crippen molar-refractivity contribution in [3.05, 3.63) is 41.2 Å². The number of nitrogens with one attached hydrogen (secondary N) is 2. The first-order valence-electron chi connectivity index (χ1n) is 6.74. The summed E-state index contributed by atoms with van der Waals surface area (Å²) in [6, 6.07) is 5.99. The summed E-state index contributed by atoms with van der Waals surface area (Å²) in [4.78, 5) is 0. The predicted molar refractivity (Wildman–Crippen MR) is 78.0 cm³/mol. The van der Waals surface area contributed by atoms with E-state index >= 15 is 0 Å². The minimum absolute atomic E-state index is 0.633. The molecule has 0 spiro atoms. The van der Waals surface area contributed by atoms with Gasteiger partial charge in [0.05, 0.1) is 19.9 Å². The lowest BCUT2D eigenvalue weighted by molar-refractivity contribution is 0.310. The Balaban J connectivity index is 1.94. The normalized spacial score (nSPS) is 10.6. The van der Waals surface area contributed by atoms with Gasteiger partial charge in [-0.3, -0.25) is 5.10 Å². The van der Waals surface area contributed by atoms with E-state index in [-0.39, 0.29) is 0 Å². The van der Waals surface area contributed by atoms with Crippen molar-refractivity contribution >= 4 is 0 Å². The zero-order chi connectivity index (χ0) is 14.4. The van der Waals surface area contributed by atoms with Gasteiger partial charge in [0.25, 0.3) is 0 Å². The van der Waals surface area contributed by atoms with Crippen molar-refractivity contribution in [1.29, 1.82) is 0 Å². The molecule has 0 atom stereocenters. The van der Waals surface area contributed by atoms with Crippen molar-refractivity contribution in [2.24, 2.45) is 0 Å². The van der Waals surface area contributed by atoms with Crippen molar-refractivity contribution in [2.45, 2.75) is 26.9 Å². The molecule has 0 aliphatic heterocycles. The van der Waals surface area contributed by atoms with Crippen LogP contribution in [0.2, 0.25) is 0 Å². The van der Waals surface area contributed by atoms with Gasteiger partial charge in [-0.15, -0.1) is 0 Å². The molecule has 1 aromatic heterocycles. The minimum Gasteiger partial charge on any atom is -0.493 e. The van der Waals surface area contributed by atoms with E-state index in [9.17, 15) is 0 Å². The number of H-pyrrole nitrogens is 1. The molecule has 108 valence electrons. The summed E-state index contributed by atoms with van der Waals surface area (Å²) in [5.74, 6) is 1.55. The van der Waals surface area contributed by atoms with E-state index in [0.717, 1.165) is 35.8 Å². The molecule has 0 bridgehead atoms. The van der Waals surface area contributed by atoms with Crippen molar-refractivity contribution < 1.29 is 9.47 Å². The van der Waals surface area contributed by atoms with Gasteiger partial charge in [0.15, 0.2) is 11.5 Å². The number of aromatic nitrogens is 2. The Morgan fingerprint density at radius 3 is 2.75 bits per heavy atom. The van der Waals surface area contributed by atoms with Crippen LogP contribution in [0.3, 0.4) is 0 Å². The van der Waals surface area contributed by atoms with Crippen LogP contribution < -0.4 is 14.8 Å². The lowest BCUT2D eigenvalue weighted by Crippen LogP contribution is -2.13. The average molecular weight is 275 g/mol. The molecule has 5 nitrogen and oxygen atoms in total. The molecular formula is C15H21N3O2. The molecule has 5 heteroatoms. The Labute approximate surface area is 119 Å². The van der Waals surface area contributed by atoms with Gasteiger partial charge in [-0.05, 0) is 31.5 Å². The van der Waals surface area contributed by atoms with Crippen LogP contribution in [0.25, 0.3) is 0 Å². The quantitative estimate of drug-likeness (QED) is 0.814. The van der Waals surface area contributed by atoms with E-state index < -0.39 is 0 Å². The second-order valence-corrected chi connectivity index (χ2v) is 4.54. The Kier molecular flexibility index (Phi) is 5.01. The number of methoxy groups -OCH3 is 1. The second kappa shape index (κ2) is 6.96. The van der Waals surface area contributed by atoms with Gasteiger partial charge >= 0.3 is 0 Å². The van der Waals surface area contributed by atoms with Crippen LogP contribution in [-0.2, 0) is 13.1 Å². The van der Waals surface area contributed by atoms with E-state index in [2.05, 4.69) is 15.5 Å². The molecule has 0 unspecified atom stereocenters. The molecule has 2 aromatic rings. The summed E-state index contributed by atoms with van der Waals surface area (Å²) in [6.45, 7) is 6.17. The summed E-state index contributed by atoms with van der Waals surface area (Å²) in [7, 11) is 1.66. The average Bonchev–Trinajstić information content (AvgIpc) is 2.86. The largest absolute Gasteiger partial charge is 0.493 e. The standard InChI is InChI=1S/C15H21N3O2/c1-4-20-14-6-5-12(7-15(14)19-3)8-16-9-13-10-17-18-11(13)2/h5-7,10,16H,4,8-9H2,1-3H3,(H,17,18). The molecular weight excluding hydrogens is 254 g/mol. The van der Waals surface area contributed by atoms with Gasteiger partial charge in [0, 0.05) is 24.3 Å². The number of ether oxygens (including phenoxy) is 2. The number of benzene rings is 1. The smallest absolute Gasteiger partial charge is 0.161 e. The molecule has 0 fully saturated rings. The molecule has 0 aliphatic rings. The van der Waals surface area contributed by atoms with E-state index in [1.54, 1.807) is 7.11 Å². The molecule has 20 heavy (non-hydrogen) atoms. The maximum atomic E-state index is 5.50. The molecule has 0 saturated heterocycles. The van der Waals surface area contributed by atoms with Crippen LogP contribution in [0.4, 0.5) is 0 Å². The summed E-state index contributed by atoms with van der Waals surface area (Å²) >= 11 is 0. The maximum absolute atomic E-state index is 5.50. The molecule has 0 saturated carbocycles. The molecule has 1 aromatic carbocycles. The molecule has 0 amide bonds. The maximum Gasteiger partial charge on any atom is 0.161 e. The van der Waals surface area contributed by atoms with Gasteiger partial charge < -0.3 is 14.8 Å². The molecule has 2 rings (SSSR count). The van der Waals surface area contributed by atoms with Crippen molar-refractivity contribution in [3.8, 4) is 11.5 Å². The number of nitrogens with zero attached hydrogens (tertiary/aromatic N) is 1. The van der Waals surface area contributed by atoms with Gasteiger partial charge in [0.2, 0.25) is 0 Å². The van der Waals surface area contributed by atoms with Crippen LogP contribution in [-0.4, -0.2) is 23.9 Å². The lowest BCUT2D eigenvalue weighted by Gasteiger charge is -2.11. The minimum atomic E-state index is 0.633. The Bertz CT molecular complexity index is 552. The Morgan fingerprint density at radius 2 is 2.10 bits per heavy atom. The van der Waals surface area contributed by atoms with E-state index in [1.165, 1.54) is 5.56 Å². The fraction of sp³-hybridized carbons (Fsp3) is 0.400. The van der Waals surface area contributed by atoms with Crippen molar-refractivity contribution in [2.75, 3.05) is 13.7 Å². The molecule has 2 N–H and O–H groups in total. The third kappa shape index (κ3) is 3.51. The van der Waals surface area contributed by atoms with Crippen LogP contribution >= 0.6 is 0 Å².